The first kappa shape index (κ1) is 22.8. The summed E-state index contributed by atoms with van der Waals surface area (Å²) in [5.41, 5.74) is 0.0500. The fourth-order valence-corrected chi connectivity index (χ4v) is 4.00. The molecule has 0 radical (unpaired) electrons. The highest BCUT2D eigenvalue weighted by Gasteiger charge is 2.25. The van der Waals surface area contributed by atoms with Crippen LogP contribution in [-0.4, -0.2) is 66.2 Å². The van der Waals surface area contributed by atoms with Crippen molar-refractivity contribution >= 4 is 32.6 Å². The van der Waals surface area contributed by atoms with E-state index in [2.05, 4.69) is 19.9 Å². The zero-order valence-electron chi connectivity index (χ0n) is 17.7. The number of benzene rings is 1. The largest absolute Gasteiger partial charge is 0.481 e. The van der Waals surface area contributed by atoms with Gasteiger partial charge >= 0.3 is 6.01 Å². The molecule has 166 valence electrons. The Labute approximate surface area is 182 Å². The number of ether oxygens (including phenoxy) is 2. The summed E-state index contributed by atoms with van der Waals surface area (Å²) in [4.78, 5) is 29.3. The molecule has 11 heteroatoms. The van der Waals surface area contributed by atoms with Gasteiger partial charge < -0.3 is 14.4 Å². The van der Waals surface area contributed by atoms with Crippen molar-refractivity contribution in [3.63, 3.8) is 0 Å². The maximum Gasteiger partial charge on any atom is 0.320 e. The van der Waals surface area contributed by atoms with Gasteiger partial charge in [-0.2, -0.15) is 9.97 Å². The van der Waals surface area contributed by atoms with Crippen LogP contribution < -0.4 is 14.4 Å². The third kappa shape index (κ3) is 5.05. The normalized spacial score (nSPS) is 11.2. The second-order valence-corrected chi connectivity index (χ2v) is 7.51. The number of nitrogens with zero attached hydrogens (tertiary/aromatic N) is 5. The van der Waals surface area contributed by atoms with Crippen molar-refractivity contribution < 1.29 is 23.0 Å². The molecule has 0 atom stereocenters. The number of likely N-dealkylation sites (N-methyl/N-ethyl adjacent to an activating group) is 1. The Hall–Kier alpha value is -2.92. The molecule has 0 bridgehead atoms. The first-order valence-electron chi connectivity index (χ1n) is 9.67. The summed E-state index contributed by atoms with van der Waals surface area (Å²) in [6, 6.07) is 3.34. The summed E-state index contributed by atoms with van der Waals surface area (Å²) in [6.07, 6.45) is 0. The topological polar surface area (TPSA) is 80.7 Å². The molecule has 1 aromatic carbocycles. The molecule has 0 unspecified atom stereocenters. The molecule has 3 rings (SSSR count). The van der Waals surface area contributed by atoms with Crippen LogP contribution in [0.1, 0.15) is 24.3 Å². The van der Waals surface area contributed by atoms with Crippen LogP contribution in [-0.2, 0) is 0 Å². The van der Waals surface area contributed by atoms with Crippen LogP contribution in [0.3, 0.4) is 0 Å². The quantitative estimate of drug-likeness (QED) is 0.493. The Bertz CT molecular complexity index is 1050. The van der Waals surface area contributed by atoms with Crippen LogP contribution in [0.25, 0.3) is 10.2 Å². The minimum absolute atomic E-state index is 0.0138. The van der Waals surface area contributed by atoms with Gasteiger partial charge in [0.1, 0.15) is 17.0 Å². The number of halogens is 2. The predicted octanol–water partition coefficient (Wildman–Crippen LogP) is 3.37. The molecule has 2 aromatic heterocycles. The summed E-state index contributed by atoms with van der Waals surface area (Å²) in [5, 5.41) is 0.244. The predicted molar refractivity (Wildman–Crippen MR) is 114 cm³/mol. The number of thiazole rings is 1. The molecule has 0 aliphatic heterocycles. The lowest BCUT2D eigenvalue weighted by Crippen LogP contribution is -2.39. The van der Waals surface area contributed by atoms with Crippen LogP contribution >= 0.6 is 11.3 Å². The molecule has 0 spiro atoms. The third-order valence-corrected chi connectivity index (χ3v) is 5.73. The Morgan fingerprint density at radius 1 is 1.03 bits per heavy atom. The smallest absolute Gasteiger partial charge is 0.320 e. The van der Waals surface area contributed by atoms with Crippen molar-refractivity contribution in [1.82, 2.24) is 19.9 Å². The van der Waals surface area contributed by atoms with E-state index in [4.69, 9.17) is 9.47 Å². The minimum atomic E-state index is -0.779. The summed E-state index contributed by atoms with van der Waals surface area (Å²) in [7, 11) is 2.80. The fourth-order valence-electron chi connectivity index (χ4n) is 2.97. The first-order valence-corrected chi connectivity index (χ1v) is 10.5. The monoisotopic (exact) mass is 451 g/mol. The second-order valence-electron chi connectivity index (χ2n) is 6.50. The lowest BCUT2D eigenvalue weighted by Gasteiger charge is -2.24. The summed E-state index contributed by atoms with van der Waals surface area (Å²) in [5.74, 6) is -1.80. The molecular formula is C20H23F2N5O3S. The lowest BCUT2D eigenvalue weighted by molar-refractivity contribution is 0.0977. The van der Waals surface area contributed by atoms with E-state index >= 15 is 0 Å². The van der Waals surface area contributed by atoms with E-state index in [1.807, 2.05) is 13.8 Å². The highest BCUT2D eigenvalue weighted by atomic mass is 32.1. The zero-order valence-corrected chi connectivity index (χ0v) is 18.5. The number of hydrogen-bond acceptors (Lipinski definition) is 8. The second kappa shape index (κ2) is 9.92. The maximum absolute atomic E-state index is 14.2. The van der Waals surface area contributed by atoms with Gasteiger partial charge in [-0.05, 0) is 19.2 Å². The zero-order chi connectivity index (χ0) is 22.5. The number of amides is 1. The van der Waals surface area contributed by atoms with Crippen LogP contribution in [0, 0.1) is 11.6 Å². The van der Waals surface area contributed by atoms with Crippen molar-refractivity contribution in [2.24, 2.45) is 0 Å². The molecule has 0 saturated heterocycles. The number of rotatable bonds is 9. The molecule has 0 saturated carbocycles. The molecule has 0 fully saturated rings. The van der Waals surface area contributed by atoms with Crippen LogP contribution in [0.4, 0.5) is 13.9 Å². The highest BCUT2D eigenvalue weighted by molar-refractivity contribution is 7.22. The Kier molecular flexibility index (Phi) is 7.29. The number of methoxy groups -OCH3 is 2. The minimum Gasteiger partial charge on any atom is -0.481 e. The van der Waals surface area contributed by atoms with Gasteiger partial charge in [-0.25, -0.2) is 13.8 Å². The number of anilines is 1. The Balaban J connectivity index is 2.04. The van der Waals surface area contributed by atoms with E-state index in [1.165, 1.54) is 31.3 Å². The third-order valence-electron chi connectivity index (χ3n) is 4.71. The molecule has 0 aliphatic rings. The maximum atomic E-state index is 14.2. The Morgan fingerprint density at radius 2 is 1.77 bits per heavy atom. The van der Waals surface area contributed by atoms with Crippen molar-refractivity contribution in [2.45, 2.75) is 13.8 Å². The average molecular weight is 451 g/mol. The van der Waals surface area contributed by atoms with E-state index in [-0.39, 0.29) is 34.8 Å². The molecule has 31 heavy (non-hydrogen) atoms. The average Bonchev–Trinajstić information content (AvgIpc) is 3.20. The van der Waals surface area contributed by atoms with E-state index < -0.39 is 17.5 Å². The van der Waals surface area contributed by atoms with Crippen molar-refractivity contribution in [3.05, 3.63) is 35.5 Å². The van der Waals surface area contributed by atoms with Crippen LogP contribution in [0.2, 0.25) is 0 Å². The molecular weight excluding hydrogens is 428 g/mol. The van der Waals surface area contributed by atoms with Crippen molar-refractivity contribution in [1.29, 1.82) is 0 Å². The van der Waals surface area contributed by atoms with Gasteiger partial charge in [-0.15, -0.1) is 0 Å². The van der Waals surface area contributed by atoms with E-state index in [0.717, 1.165) is 30.5 Å². The number of aromatic nitrogens is 3. The van der Waals surface area contributed by atoms with Gasteiger partial charge in [0.25, 0.3) is 5.91 Å². The number of fused-ring (bicyclic) bond motifs is 1. The van der Waals surface area contributed by atoms with Gasteiger partial charge in [0.05, 0.1) is 18.9 Å². The first-order chi connectivity index (χ1) is 14.9. The molecule has 0 N–H and O–H groups in total. The molecule has 1 amide bonds. The van der Waals surface area contributed by atoms with Gasteiger partial charge in [-0.1, -0.05) is 25.2 Å². The SMILES string of the molecule is CCN(CC)CCN(C(=O)c1cc(OC)nc(OC)n1)c1nc2c(F)cc(F)cc2s1. The highest BCUT2D eigenvalue weighted by Crippen LogP contribution is 2.32. The number of carbonyl (C=O) groups is 1. The van der Waals surface area contributed by atoms with Gasteiger partial charge in [0.2, 0.25) is 5.88 Å². The summed E-state index contributed by atoms with van der Waals surface area (Å²) >= 11 is 1.03. The number of hydrogen-bond donors (Lipinski definition) is 0. The van der Waals surface area contributed by atoms with Crippen molar-refractivity contribution in [2.75, 3.05) is 45.3 Å². The van der Waals surface area contributed by atoms with Crippen LogP contribution in [0.15, 0.2) is 18.2 Å². The van der Waals surface area contributed by atoms with Crippen LogP contribution in [0.5, 0.6) is 11.9 Å². The molecule has 3 aromatic rings. The van der Waals surface area contributed by atoms with E-state index in [0.29, 0.717) is 11.2 Å². The molecule has 2 heterocycles. The van der Waals surface area contributed by atoms with Crippen molar-refractivity contribution in [3.8, 4) is 11.9 Å². The summed E-state index contributed by atoms with van der Waals surface area (Å²) < 4.78 is 38.4. The van der Waals surface area contributed by atoms with E-state index in [1.54, 1.807) is 0 Å². The van der Waals surface area contributed by atoms with Gasteiger partial charge in [-0.3, -0.25) is 9.69 Å². The molecule has 8 nitrogen and oxygen atoms in total. The summed E-state index contributed by atoms with van der Waals surface area (Å²) in [6.45, 7) is 6.47. The molecule has 0 aliphatic carbocycles. The van der Waals surface area contributed by atoms with E-state index in [9.17, 15) is 13.6 Å². The number of carbonyl (C=O) groups excluding carboxylic acids is 1. The standard InChI is InChI=1S/C20H23F2N5O3S/c1-5-26(6-2)7-8-27(18(28)14-11-16(29-3)24-19(23-14)30-4)20-25-17-13(22)9-12(21)10-15(17)31-20/h9-11H,5-8H2,1-4H3. The van der Waals surface area contributed by atoms with Gasteiger partial charge in [0.15, 0.2) is 10.9 Å². The lowest BCUT2D eigenvalue weighted by atomic mass is 10.3. The van der Waals surface area contributed by atoms with Gasteiger partial charge in [0, 0.05) is 25.2 Å². The Morgan fingerprint density at radius 3 is 2.42 bits per heavy atom. The fraction of sp³-hybridized carbons (Fsp3) is 0.400.